The monoisotopic (exact) mass is 344 g/mol. The van der Waals surface area contributed by atoms with Crippen molar-refractivity contribution in [3.8, 4) is 0 Å². The maximum absolute atomic E-state index is 11.5. The second kappa shape index (κ2) is 7.42. The van der Waals surface area contributed by atoms with Gasteiger partial charge in [0.25, 0.3) is 0 Å². The van der Waals surface area contributed by atoms with Crippen LogP contribution in [0.1, 0.15) is 38.5 Å². The Balaban J connectivity index is 2.01. The van der Waals surface area contributed by atoms with E-state index >= 15 is 0 Å². The molecular weight excluding hydrogens is 320 g/mol. The molecule has 2 nitrogen and oxygen atoms in total. The Bertz CT molecular complexity index is 541. The van der Waals surface area contributed by atoms with Crippen molar-refractivity contribution in [2.75, 3.05) is 17.8 Å². The van der Waals surface area contributed by atoms with Gasteiger partial charge < -0.3 is 0 Å². The Hall–Kier alpha value is -0.130. The van der Waals surface area contributed by atoms with Crippen LogP contribution in [-0.2, 0) is 9.84 Å². The van der Waals surface area contributed by atoms with Gasteiger partial charge in [0, 0.05) is 16.9 Å². The molecule has 2 rings (SSSR count). The molecule has 0 spiro atoms. The molecule has 0 amide bonds. The summed E-state index contributed by atoms with van der Waals surface area (Å²) in [5.41, 5.74) is 0.347. The van der Waals surface area contributed by atoms with E-state index < -0.39 is 9.84 Å². The SMILES string of the molecule is CS(=O)(=O)c1ccc(SCC2(CS)CCCCCC2)cc1. The van der Waals surface area contributed by atoms with Crippen LogP contribution in [0.15, 0.2) is 34.1 Å². The molecule has 1 fully saturated rings. The molecular formula is C16H24O2S3. The fourth-order valence-electron chi connectivity index (χ4n) is 2.85. The van der Waals surface area contributed by atoms with Gasteiger partial charge in [-0.2, -0.15) is 12.6 Å². The topological polar surface area (TPSA) is 34.1 Å². The van der Waals surface area contributed by atoms with Crippen molar-refractivity contribution in [1.29, 1.82) is 0 Å². The van der Waals surface area contributed by atoms with Gasteiger partial charge in [0.2, 0.25) is 0 Å². The highest BCUT2D eigenvalue weighted by Gasteiger charge is 2.29. The summed E-state index contributed by atoms with van der Waals surface area (Å²) in [7, 11) is -3.10. The number of hydrogen-bond donors (Lipinski definition) is 1. The van der Waals surface area contributed by atoms with Gasteiger partial charge in [0.05, 0.1) is 4.90 Å². The zero-order chi connectivity index (χ0) is 15.3. The van der Waals surface area contributed by atoms with E-state index in [4.69, 9.17) is 0 Å². The highest BCUT2D eigenvalue weighted by molar-refractivity contribution is 7.99. The summed E-state index contributed by atoms with van der Waals surface area (Å²) >= 11 is 6.44. The Morgan fingerprint density at radius 2 is 1.67 bits per heavy atom. The average Bonchev–Trinajstić information content (AvgIpc) is 2.71. The van der Waals surface area contributed by atoms with Crippen molar-refractivity contribution in [2.24, 2.45) is 5.41 Å². The number of thioether (sulfide) groups is 1. The lowest BCUT2D eigenvalue weighted by Crippen LogP contribution is -2.25. The zero-order valence-electron chi connectivity index (χ0n) is 12.5. The molecule has 0 bridgehead atoms. The summed E-state index contributed by atoms with van der Waals surface area (Å²) < 4.78 is 22.9. The fourth-order valence-corrected chi connectivity index (χ4v) is 5.25. The number of hydrogen-bond acceptors (Lipinski definition) is 4. The van der Waals surface area contributed by atoms with E-state index in [0.29, 0.717) is 10.3 Å². The van der Waals surface area contributed by atoms with Gasteiger partial charge in [-0.05, 0) is 48.3 Å². The third kappa shape index (κ3) is 4.93. The minimum absolute atomic E-state index is 0.347. The highest BCUT2D eigenvalue weighted by Crippen LogP contribution is 2.40. The molecule has 0 saturated heterocycles. The molecule has 21 heavy (non-hydrogen) atoms. The molecule has 0 N–H and O–H groups in total. The van der Waals surface area contributed by atoms with E-state index in [2.05, 4.69) is 12.6 Å². The van der Waals surface area contributed by atoms with E-state index in [1.54, 1.807) is 12.1 Å². The van der Waals surface area contributed by atoms with Crippen LogP contribution >= 0.6 is 24.4 Å². The first-order valence-electron chi connectivity index (χ1n) is 7.49. The van der Waals surface area contributed by atoms with Gasteiger partial charge >= 0.3 is 0 Å². The van der Waals surface area contributed by atoms with E-state index in [1.807, 2.05) is 23.9 Å². The lowest BCUT2D eigenvalue weighted by molar-refractivity contribution is 0.332. The Morgan fingerprint density at radius 1 is 1.10 bits per heavy atom. The Labute approximate surface area is 138 Å². The molecule has 1 aliphatic rings. The summed E-state index contributed by atoms with van der Waals surface area (Å²) in [5.74, 6) is 2.02. The lowest BCUT2D eigenvalue weighted by Gasteiger charge is -2.30. The van der Waals surface area contributed by atoms with Crippen molar-refractivity contribution in [3.05, 3.63) is 24.3 Å². The maximum atomic E-state index is 11.5. The average molecular weight is 345 g/mol. The summed E-state index contributed by atoms with van der Waals surface area (Å²) in [6, 6.07) is 7.25. The smallest absolute Gasteiger partial charge is 0.175 e. The minimum atomic E-state index is -3.10. The van der Waals surface area contributed by atoms with Crippen LogP contribution in [0.3, 0.4) is 0 Å². The van der Waals surface area contributed by atoms with Gasteiger partial charge in [0.15, 0.2) is 9.84 Å². The highest BCUT2D eigenvalue weighted by atomic mass is 32.2. The number of thiol groups is 1. The minimum Gasteiger partial charge on any atom is -0.224 e. The quantitative estimate of drug-likeness (QED) is 0.487. The summed E-state index contributed by atoms with van der Waals surface area (Å²) in [6.45, 7) is 0. The predicted molar refractivity (Wildman–Crippen MR) is 94.3 cm³/mol. The molecule has 0 aliphatic heterocycles. The molecule has 1 aliphatic carbocycles. The van der Waals surface area contributed by atoms with E-state index in [0.717, 1.165) is 16.4 Å². The second-order valence-corrected chi connectivity index (χ2v) is 9.49. The van der Waals surface area contributed by atoms with E-state index in [-0.39, 0.29) is 0 Å². The molecule has 1 aromatic rings. The molecule has 0 radical (unpaired) electrons. The molecule has 0 atom stereocenters. The zero-order valence-corrected chi connectivity index (χ0v) is 15.1. The molecule has 0 aromatic heterocycles. The van der Waals surface area contributed by atoms with Gasteiger partial charge in [0.1, 0.15) is 0 Å². The van der Waals surface area contributed by atoms with Gasteiger partial charge in [-0.1, -0.05) is 25.7 Å². The normalized spacial score (nSPS) is 19.1. The number of benzene rings is 1. The number of sulfone groups is 1. The third-order valence-corrected chi connectivity index (χ3v) is 7.46. The molecule has 0 heterocycles. The van der Waals surface area contributed by atoms with Gasteiger partial charge in [-0.3, -0.25) is 0 Å². The lowest BCUT2D eigenvalue weighted by atomic mass is 9.84. The fraction of sp³-hybridized carbons (Fsp3) is 0.625. The maximum Gasteiger partial charge on any atom is 0.175 e. The van der Waals surface area contributed by atoms with Crippen LogP contribution in [0, 0.1) is 5.41 Å². The van der Waals surface area contributed by atoms with Crippen molar-refractivity contribution >= 4 is 34.2 Å². The molecule has 118 valence electrons. The molecule has 5 heteroatoms. The summed E-state index contributed by atoms with van der Waals surface area (Å²) in [6.07, 6.45) is 9.11. The first-order chi connectivity index (χ1) is 9.95. The van der Waals surface area contributed by atoms with E-state index in [9.17, 15) is 8.42 Å². The van der Waals surface area contributed by atoms with Crippen LogP contribution < -0.4 is 0 Å². The molecule has 1 aromatic carbocycles. The van der Waals surface area contributed by atoms with Crippen LogP contribution in [0.5, 0.6) is 0 Å². The predicted octanol–water partition coefficient (Wildman–Crippen LogP) is 4.45. The van der Waals surface area contributed by atoms with Crippen LogP contribution in [0.4, 0.5) is 0 Å². The molecule has 1 saturated carbocycles. The molecule has 0 unspecified atom stereocenters. The summed E-state index contributed by atoms with van der Waals surface area (Å²) in [5, 5.41) is 0. The van der Waals surface area contributed by atoms with Crippen molar-refractivity contribution in [1.82, 2.24) is 0 Å². The van der Waals surface area contributed by atoms with Crippen molar-refractivity contribution < 1.29 is 8.42 Å². The standard InChI is InChI=1S/C16H24O2S3/c1-21(17,18)15-8-6-14(7-9-15)20-13-16(12-19)10-4-2-3-5-11-16/h6-9,19H,2-5,10-13H2,1H3. The van der Waals surface area contributed by atoms with Crippen molar-refractivity contribution in [2.45, 2.75) is 48.3 Å². The van der Waals surface area contributed by atoms with Crippen LogP contribution in [0.25, 0.3) is 0 Å². The first kappa shape index (κ1) is 17.2. The van der Waals surface area contributed by atoms with Gasteiger partial charge in [-0.15, -0.1) is 11.8 Å². The van der Waals surface area contributed by atoms with Crippen molar-refractivity contribution in [3.63, 3.8) is 0 Å². The Morgan fingerprint density at radius 3 is 2.14 bits per heavy atom. The third-order valence-electron chi connectivity index (χ3n) is 4.30. The van der Waals surface area contributed by atoms with Crippen LogP contribution in [-0.4, -0.2) is 26.2 Å². The summed E-state index contributed by atoms with van der Waals surface area (Å²) in [4.78, 5) is 1.54. The van der Waals surface area contributed by atoms with E-state index in [1.165, 1.54) is 44.8 Å². The number of rotatable bonds is 5. The largest absolute Gasteiger partial charge is 0.224 e. The van der Waals surface area contributed by atoms with Crippen LogP contribution in [0.2, 0.25) is 0 Å². The first-order valence-corrected chi connectivity index (χ1v) is 11.0. The second-order valence-electron chi connectivity index (χ2n) is 6.10. The van der Waals surface area contributed by atoms with Gasteiger partial charge in [-0.25, -0.2) is 8.42 Å². The Kier molecular flexibility index (Phi) is 6.09.